The molecule has 0 bridgehead atoms. The number of nitrogens with zero attached hydrogens (tertiary/aromatic N) is 3. The molecule has 0 atom stereocenters. The lowest BCUT2D eigenvalue weighted by Gasteiger charge is -2.18. The average molecular weight is 316 g/mol. The molecule has 0 saturated heterocycles. The number of anilines is 1. The zero-order valence-corrected chi connectivity index (χ0v) is 12.3. The maximum Gasteiger partial charge on any atom is 0.268 e. The molecule has 0 aliphatic heterocycles. The van der Waals surface area contributed by atoms with Crippen LogP contribution in [0.2, 0.25) is 5.02 Å². The second-order valence-electron chi connectivity index (χ2n) is 4.08. The number of hydrogen-bond acceptors (Lipinski definition) is 4. The van der Waals surface area contributed by atoms with Gasteiger partial charge in [0.15, 0.2) is 5.82 Å². The van der Waals surface area contributed by atoms with Crippen molar-refractivity contribution in [1.29, 1.82) is 0 Å². The van der Waals surface area contributed by atoms with Crippen molar-refractivity contribution in [2.24, 2.45) is 0 Å². The van der Waals surface area contributed by atoms with Crippen LogP contribution in [0.25, 0.3) is 0 Å². The van der Waals surface area contributed by atoms with Gasteiger partial charge in [0.25, 0.3) is 10.0 Å². The summed E-state index contributed by atoms with van der Waals surface area (Å²) in [4.78, 5) is -0.505. The van der Waals surface area contributed by atoms with Gasteiger partial charge < -0.3 is 0 Å². The van der Waals surface area contributed by atoms with Crippen molar-refractivity contribution in [3.63, 3.8) is 0 Å². The summed E-state index contributed by atoms with van der Waals surface area (Å²) in [7, 11) is -2.81. The molecule has 0 aliphatic rings. The van der Waals surface area contributed by atoms with E-state index in [0.29, 0.717) is 5.69 Å². The summed E-state index contributed by atoms with van der Waals surface area (Å²) >= 11 is 5.72. The second kappa shape index (κ2) is 5.34. The highest BCUT2D eigenvalue weighted by atomic mass is 35.5. The van der Waals surface area contributed by atoms with E-state index in [0.717, 1.165) is 16.4 Å². The van der Waals surface area contributed by atoms with Gasteiger partial charge >= 0.3 is 0 Å². The average Bonchev–Trinajstić information content (AvgIpc) is 2.41. The number of rotatable bonds is 3. The van der Waals surface area contributed by atoms with Crippen molar-refractivity contribution in [3.8, 4) is 0 Å². The zero-order valence-electron chi connectivity index (χ0n) is 10.7. The summed E-state index contributed by atoms with van der Waals surface area (Å²) in [6, 6.07) is 6.45. The lowest BCUT2D eigenvalue weighted by molar-refractivity contribution is 0.565. The molecule has 0 radical (unpaired) electrons. The van der Waals surface area contributed by atoms with Gasteiger partial charge in [-0.1, -0.05) is 11.6 Å². The molecule has 1 aromatic carbocycles. The smallest absolute Gasteiger partial charge is 0.251 e. The Bertz CT molecular complexity index is 735. The van der Waals surface area contributed by atoms with Crippen LogP contribution in [-0.4, -0.2) is 25.7 Å². The van der Waals surface area contributed by atoms with E-state index in [4.69, 9.17) is 11.6 Å². The van der Waals surface area contributed by atoms with Crippen LogP contribution in [0, 0.1) is 12.7 Å². The van der Waals surface area contributed by atoms with Crippen LogP contribution in [0.3, 0.4) is 0 Å². The predicted molar refractivity (Wildman–Crippen MR) is 73.8 cm³/mol. The van der Waals surface area contributed by atoms with Gasteiger partial charge in [-0.2, -0.15) is 5.10 Å². The molecule has 8 heteroatoms. The molecule has 2 rings (SSSR count). The van der Waals surface area contributed by atoms with Gasteiger partial charge in [-0.25, -0.2) is 12.8 Å². The van der Waals surface area contributed by atoms with E-state index >= 15 is 0 Å². The summed E-state index contributed by atoms with van der Waals surface area (Å²) in [5, 5.41) is 7.67. The quantitative estimate of drug-likeness (QED) is 0.872. The molecule has 2 aromatic rings. The van der Waals surface area contributed by atoms with Crippen molar-refractivity contribution in [2.75, 3.05) is 11.4 Å². The monoisotopic (exact) mass is 315 g/mol. The van der Waals surface area contributed by atoms with Crippen LogP contribution < -0.4 is 4.31 Å². The fraction of sp³-hybridized carbons (Fsp3) is 0.167. The van der Waals surface area contributed by atoms with Crippen molar-refractivity contribution < 1.29 is 12.8 Å². The van der Waals surface area contributed by atoms with Crippen LogP contribution >= 0.6 is 11.6 Å². The van der Waals surface area contributed by atoms with E-state index in [9.17, 15) is 12.8 Å². The summed E-state index contributed by atoms with van der Waals surface area (Å²) in [6.45, 7) is 1.72. The minimum atomic E-state index is -4.09. The van der Waals surface area contributed by atoms with Gasteiger partial charge in [0, 0.05) is 12.1 Å². The maximum atomic E-state index is 13.7. The molecule has 0 N–H and O–H groups in total. The third-order valence-electron chi connectivity index (χ3n) is 2.64. The summed E-state index contributed by atoms with van der Waals surface area (Å²) in [5.41, 5.74) is 0.647. The molecule has 20 heavy (non-hydrogen) atoms. The van der Waals surface area contributed by atoms with Crippen molar-refractivity contribution in [3.05, 3.63) is 46.9 Å². The third kappa shape index (κ3) is 2.73. The number of sulfonamides is 1. The Morgan fingerprint density at radius 2 is 1.90 bits per heavy atom. The highest BCUT2D eigenvalue weighted by Gasteiger charge is 2.26. The summed E-state index contributed by atoms with van der Waals surface area (Å²) < 4.78 is 39.3. The van der Waals surface area contributed by atoms with E-state index in [2.05, 4.69) is 10.2 Å². The first-order chi connectivity index (χ1) is 9.32. The first-order valence-corrected chi connectivity index (χ1v) is 7.38. The first kappa shape index (κ1) is 14.7. The van der Waals surface area contributed by atoms with Gasteiger partial charge in [-0.3, -0.25) is 4.31 Å². The maximum absolute atomic E-state index is 13.7. The fourth-order valence-electron chi connectivity index (χ4n) is 1.51. The van der Waals surface area contributed by atoms with Crippen LogP contribution in [-0.2, 0) is 10.0 Å². The molecule has 0 spiro atoms. The Balaban J connectivity index is 2.49. The molecule has 5 nitrogen and oxygen atoms in total. The van der Waals surface area contributed by atoms with Gasteiger partial charge in [-0.05, 0) is 37.3 Å². The van der Waals surface area contributed by atoms with Crippen LogP contribution in [0.1, 0.15) is 5.69 Å². The van der Waals surface area contributed by atoms with E-state index < -0.39 is 20.7 Å². The van der Waals surface area contributed by atoms with E-state index in [1.807, 2.05) is 0 Å². The van der Waals surface area contributed by atoms with Gasteiger partial charge in [0.1, 0.15) is 10.7 Å². The Labute approximate surface area is 121 Å². The Hall–Kier alpha value is -1.73. The largest absolute Gasteiger partial charge is 0.268 e. The van der Waals surface area contributed by atoms with Gasteiger partial charge in [-0.15, -0.1) is 5.10 Å². The molecule has 1 aromatic heterocycles. The molecule has 1 heterocycles. The third-order valence-corrected chi connectivity index (χ3v) is 4.65. The molecular formula is C12H11ClFN3O2S. The van der Waals surface area contributed by atoms with Gasteiger partial charge in [0.2, 0.25) is 0 Å². The molecule has 0 unspecified atom stereocenters. The van der Waals surface area contributed by atoms with Crippen molar-refractivity contribution in [2.45, 2.75) is 11.8 Å². The van der Waals surface area contributed by atoms with E-state index in [1.165, 1.54) is 19.2 Å². The molecule has 0 aliphatic carbocycles. The van der Waals surface area contributed by atoms with Crippen LogP contribution in [0.4, 0.5) is 10.2 Å². The normalized spacial score (nSPS) is 11.4. The number of hydrogen-bond donors (Lipinski definition) is 0. The minimum Gasteiger partial charge on any atom is -0.251 e. The zero-order chi connectivity index (χ0) is 14.9. The van der Waals surface area contributed by atoms with Crippen LogP contribution in [0.5, 0.6) is 0 Å². The number of aryl methyl sites for hydroxylation is 1. The lowest BCUT2D eigenvalue weighted by atomic mass is 10.3. The molecule has 106 valence electrons. The first-order valence-electron chi connectivity index (χ1n) is 5.56. The predicted octanol–water partition coefficient (Wildman–Crippen LogP) is 2.40. The second-order valence-corrected chi connectivity index (χ2v) is 6.45. The Morgan fingerprint density at radius 3 is 2.50 bits per heavy atom. The van der Waals surface area contributed by atoms with Crippen molar-refractivity contribution >= 4 is 27.4 Å². The summed E-state index contributed by atoms with van der Waals surface area (Å²) in [6.07, 6.45) is 0. The fourth-order valence-corrected chi connectivity index (χ4v) is 2.97. The molecule has 0 saturated carbocycles. The highest BCUT2D eigenvalue weighted by molar-refractivity contribution is 7.92. The molecule has 0 fully saturated rings. The topological polar surface area (TPSA) is 63.2 Å². The Morgan fingerprint density at radius 1 is 1.20 bits per heavy atom. The molecular weight excluding hydrogens is 305 g/mol. The van der Waals surface area contributed by atoms with E-state index in [-0.39, 0.29) is 10.8 Å². The SMILES string of the molecule is Cc1ccc(N(C)S(=O)(=O)c2cc(Cl)ccc2F)nn1. The van der Waals surface area contributed by atoms with E-state index in [1.54, 1.807) is 13.0 Å². The molecule has 0 amide bonds. The number of aromatic nitrogens is 2. The standard InChI is InChI=1S/C12H11ClFN3O2S/c1-8-3-6-12(16-15-8)17(2)20(18,19)11-7-9(13)4-5-10(11)14/h3-7H,1-2H3. The number of benzene rings is 1. The van der Waals surface area contributed by atoms with Gasteiger partial charge in [0.05, 0.1) is 5.69 Å². The van der Waals surface area contributed by atoms with Crippen LogP contribution in [0.15, 0.2) is 35.2 Å². The summed E-state index contributed by atoms with van der Waals surface area (Å²) in [5.74, 6) is -0.781. The van der Waals surface area contributed by atoms with Crippen molar-refractivity contribution in [1.82, 2.24) is 10.2 Å². The minimum absolute atomic E-state index is 0.0926. The Kier molecular flexibility index (Phi) is 3.92. The number of halogens is 2. The highest BCUT2D eigenvalue weighted by Crippen LogP contribution is 2.24. The lowest BCUT2D eigenvalue weighted by Crippen LogP contribution is -2.28.